The van der Waals surface area contributed by atoms with Crippen LogP contribution in [0.2, 0.25) is 0 Å². The summed E-state index contributed by atoms with van der Waals surface area (Å²) in [6.07, 6.45) is -22.7. The average molecular weight is 726 g/mol. The Labute approximate surface area is 233 Å². The minimum atomic E-state index is -9.28. The van der Waals surface area contributed by atoms with Gasteiger partial charge in [0.1, 0.15) is 24.4 Å². The number of aliphatic hydroxyl groups is 4. The minimum Gasteiger partial charge on any atom is -0.394 e. The van der Waals surface area contributed by atoms with Crippen molar-refractivity contribution in [3.05, 3.63) is 0 Å². The van der Waals surface area contributed by atoms with Crippen molar-refractivity contribution in [1.29, 1.82) is 0 Å². The molecule has 1 fully saturated rings. The third-order valence-corrected chi connectivity index (χ3v) is 6.12. The van der Waals surface area contributed by atoms with Crippen LogP contribution in [0.15, 0.2) is 0 Å². The number of hydrogen-bond acceptors (Lipinski definition) is 6. The highest BCUT2D eigenvalue weighted by molar-refractivity contribution is 5.17. The fourth-order valence-electron chi connectivity index (χ4n) is 3.26. The molecule has 0 bridgehead atoms. The quantitative estimate of drug-likeness (QED) is 0.209. The molecule has 1 rings (SSSR count). The molecule has 1 aliphatic rings. The number of ether oxygens (including phenoxy) is 2. The summed E-state index contributed by atoms with van der Waals surface area (Å²) in [5, 5.41) is 37.4. The highest BCUT2D eigenvalue weighted by atomic mass is 19.4. The normalized spacial score (nSPS) is 25.9. The fraction of sp³-hybridized carbons (Fsp3) is 1.00. The van der Waals surface area contributed by atoms with Crippen LogP contribution in [-0.2, 0) is 9.47 Å². The lowest BCUT2D eigenvalue weighted by Gasteiger charge is -2.44. The number of halogens is 21. The van der Waals surface area contributed by atoms with Crippen LogP contribution in [0.25, 0.3) is 0 Å². The summed E-state index contributed by atoms with van der Waals surface area (Å²) in [6.45, 7) is -3.51. The summed E-state index contributed by atoms with van der Waals surface area (Å²) >= 11 is 0. The van der Waals surface area contributed by atoms with Crippen molar-refractivity contribution in [2.75, 3.05) is 13.2 Å². The van der Waals surface area contributed by atoms with E-state index in [-0.39, 0.29) is 0 Å². The molecule has 45 heavy (non-hydrogen) atoms. The second kappa shape index (κ2) is 11.8. The van der Waals surface area contributed by atoms with Crippen LogP contribution in [0, 0.1) is 0 Å². The highest BCUT2D eigenvalue weighted by Gasteiger charge is 2.97. The van der Waals surface area contributed by atoms with Crippen molar-refractivity contribution < 1.29 is 122 Å². The van der Waals surface area contributed by atoms with Crippen LogP contribution < -0.4 is 0 Å². The number of hydrogen-bond donors (Lipinski definition) is 4. The maximum Gasteiger partial charge on any atom is 0.460 e. The highest BCUT2D eigenvalue weighted by Crippen LogP contribution is 2.66. The summed E-state index contributed by atoms with van der Waals surface area (Å²) < 4.78 is 290. The van der Waals surface area contributed by atoms with E-state index in [4.69, 9.17) is 5.11 Å². The van der Waals surface area contributed by atoms with Gasteiger partial charge in [0.05, 0.1) is 13.2 Å². The molecule has 1 heterocycles. The second-order valence-electron chi connectivity index (χ2n) is 9.12. The average Bonchev–Trinajstić information content (AvgIpc) is 2.86. The van der Waals surface area contributed by atoms with Gasteiger partial charge in [0.25, 0.3) is 0 Å². The summed E-state index contributed by atoms with van der Waals surface area (Å²) in [5.41, 5.74) is 0. The molecule has 0 radical (unpaired) electrons. The van der Waals surface area contributed by atoms with Gasteiger partial charge in [0, 0.05) is 6.42 Å². The van der Waals surface area contributed by atoms with E-state index in [0.29, 0.717) is 0 Å². The van der Waals surface area contributed by atoms with Crippen LogP contribution in [0.5, 0.6) is 0 Å². The first-order chi connectivity index (χ1) is 19.5. The van der Waals surface area contributed by atoms with Gasteiger partial charge < -0.3 is 29.9 Å². The zero-order chi connectivity index (χ0) is 36.4. The van der Waals surface area contributed by atoms with Crippen molar-refractivity contribution in [2.45, 2.75) is 96.6 Å². The topological polar surface area (TPSA) is 99.4 Å². The van der Waals surface area contributed by atoms with Gasteiger partial charge in [-0.05, 0) is 0 Å². The van der Waals surface area contributed by atoms with E-state index in [1.165, 1.54) is 0 Å². The van der Waals surface area contributed by atoms with Gasteiger partial charge in [-0.25, -0.2) is 0 Å². The number of alkyl halides is 21. The van der Waals surface area contributed by atoms with Crippen molar-refractivity contribution in [3.63, 3.8) is 0 Å². The fourth-order valence-corrected chi connectivity index (χ4v) is 3.26. The predicted octanol–water partition coefficient (Wildman–Crippen LogP) is 4.47. The largest absolute Gasteiger partial charge is 0.460 e. The van der Waals surface area contributed by atoms with Crippen LogP contribution >= 0.6 is 0 Å². The minimum absolute atomic E-state index is 1.25. The summed E-state index contributed by atoms with van der Waals surface area (Å²) in [7, 11) is 0. The second-order valence-corrected chi connectivity index (χ2v) is 9.12. The Hall–Kier alpha value is -1.71. The van der Waals surface area contributed by atoms with Gasteiger partial charge in [-0.1, -0.05) is 0 Å². The van der Waals surface area contributed by atoms with Crippen molar-refractivity contribution in [1.82, 2.24) is 0 Å². The Bertz CT molecular complexity index is 1030. The van der Waals surface area contributed by atoms with Crippen LogP contribution in [0.4, 0.5) is 92.2 Å². The Kier molecular flexibility index (Phi) is 10.8. The van der Waals surface area contributed by atoms with E-state index < -0.39 is 110 Å². The molecule has 6 nitrogen and oxygen atoms in total. The number of aliphatic hydroxyl groups excluding tert-OH is 4. The summed E-state index contributed by atoms with van der Waals surface area (Å²) in [4.78, 5) is 0. The van der Waals surface area contributed by atoms with E-state index in [2.05, 4.69) is 9.47 Å². The van der Waals surface area contributed by atoms with Crippen LogP contribution in [0.1, 0.15) is 6.42 Å². The third-order valence-electron chi connectivity index (χ3n) is 6.12. The van der Waals surface area contributed by atoms with E-state index in [1.54, 1.807) is 0 Å². The zero-order valence-corrected chi connectivity index (χ0v) is 20.6. The SMILES string of the molecule is OC[C@H]1OC(OCCC(F)(F)C(F)(F)C(F)(F)C(F)(F)C(F)(F)C(F)(F)C(F)(F)C(F)(F)C(F)(F)C(F)(F)F)[C@@H](O)[C@@H](O)[C@@H]1O. The molecule has 1 unspecified atom stereocenters. The molecule has 0 aromatic heterocycles. The molecule has 0 aliphatic carbocycles. The Balaban J connectivity index is 3.45. The summed E-state index contributed by atoms with van der Waals surface area (Å²) in [5.74, 6) is -78.1. The zero-order valence-electron chi connectivity index (χ0n) is 20.6. The Morgan fingerprint density at radius 1 is 0.467 bits per heavy atom. The molecule has 1 saturated heterocycles. The van der Waals surface area contributed by atoms with Gasteiger partial charge >= 0.3 is 59.5 Å². The molecule has 0 aromatic rings. The van der Waals surface area contributed by atoms with Gasteiger partial charge in [-0.2, -0.15) is 92.2 Å². The van der Waals surface area contributed by atoms with Crippen LogP contribution in [-0.4, -0.2) is 124 Å². The molecule has 4 N–H and O–H groups in total. The first-order valence-corrected chi connectivity index (χ1v) is 10.9. The first kappa shape index (κ1) is 41.3. The molecule has 1 aliphatic heterocycles. The molecular weight excluding hydrogens is 711 g/mol. The lowest BCUT2D eigenvalue weighted by atomic mass is 9.86. The van der Waals surface area contributed by atoms with Gasteiger partial charge in [0.15, 0.2) is 6.29 Å². The molecule has 5 atom stereocenters. The molecule has 0 spiro atoms. The first-order valence-electron chi connectivity index (χ1n) is 10.9. The maximum atomic E-state index is 14.0. The monoisotopic (exact) mass is 726 g/mol. The molecule has 0 saturated carbocycles. The Morgan fingerprint density at radius 3 is 1.13 bits per heavy atom. The lowest BCUT2D eigenvalue weighted by molar-refractivity contribution is -0.474. The van der Waals surface area contributed by atoms with Crippen LogP contribution in [0.3, 0.4) is 0 Å². The van der Waals surface area contributed by atoms with E-state index in [9.17, 15) is 108 Å². The van der Waals surface area contributed by atoms with Gasteiger partial charge in [0.2, 0.25) is 0 Å². The summed E-state index contributed by atoms with van der Waals surface area (Å²) in [6, 6.07) is 0. The van der Waals surface area contributed by atoms with E-state index in [1.807, 2.05) is 0 Å². The maximum absolute atomic E-state index is 14.0. The van der Waals surface area contributed by atoms with Gasteiger partial charge in [-0.15, -0.1) is 0 Å². The van der Waals surface area contributed by atoms with Crippen molar-refractivity contribution in [2.24, 2.45) is 0 Å². The van der Waals surface area contributed by atoms with Gasteiger partial charge in [-0.3, -0.25) is 0 Å². The molecule has 0 aromatic carbocycles. The number of rotatable bonds is 13. The third kappa shape index (κ3) is 5.85. The molecule has 27 heteroatoms. The van der Waals surface area contributed by atoms with Crippen molar-refractivity contribution in [3.8, 4) is 0 Å². The molecule has 0 amide bonds. The van der Waals surface area contributed by atoms with E-state index in [0.717, 1.165) is 0 Å². The molecular formula is C18H15F21O6. The smallest absolute Gasteiger partial charge is 0.394 e. The van der Waals surface area contributed by atoms with Crippen molar-refractivity contribution >= 4 is 0 Å². The Morgan fingerprint density at radius 2 is 0.800 bits per heavy atom. The lowest BCUT2D eigenvalue weighted by Crippen LogP contribution is -2.76. The standard InChI is InChI=1S/C18H15F21O6/c19-9(20,1-2-44-8-7(43)6(42)5(41)4(3-40)45-8)10(21,22)11(23,24)12(25,26)13(27,28)14(29,30)15(31,32)16(33,34)17(35,36)18(37,38)39/h4-8,40-43H,1-3H2/t4-,5-,6+,7+,8?/m1/s1. The molecule has 270 valence electrons. The van der Waals surface area contributed by atoms with E-state index >= 15 is 0 Å². The predicted molar refractivity (Wildman–Crippen MR) is 94.9 cm³/mol.